The Bertz CT molecular complexity index is 1310. The number of hydrogen-bond donors (Lipinski definition) is 3. The maximum absolute atomic E-state index is 13.8. The van der Waals surface area contributed by atoms with Crippen LogP contribution in [0.3, 0.4) is 0 Å². The van der Waals surface area contributed by atoms with Crippen LogP contribution in [-0.4, -0.2) is 88.7 Å². The van der Waals surface area contributed by atoms with Gasteiger partial charge in [0.1, 0.15) is 12.2 Å². The lowest BCUT2D eigenvalue weighted by Crippen LogP contribution is -2.49. The number of nitrogens with one attached hydrogen (secondary N) is 1. The number of ether oxygens (including phenoxy) is 1. The minimum atomic E-state index is -2.80. The first-order valence-electron chi connectivity index (χ1n) is 13.2. The summed E-state index contributed by atoms with van der Waals surface area (Å²) in [5.41, 5.74) is 0.210. The molecule has 0 spiro atoms. The molecule has 0 saturated carbocycles. The van der Waals surface area contributed by atoms with Gasteiger partial charge in [0.05, 0.1) is 31.4 Å². The molecule has 0 bridgehead atoms. The molecule has 40 heavy (non-hydrogen) atoms. The van der Waals surface area contributed by atoms with Crippen molar-refractivity contribution in [2.45, 2.75) is 63.0 Å². The molecule has 13 heteroatoms. The van der Waals surface area contributed by atoms with Gasteiger partial charge in [-0.05, 0) is 44.7 Å². The molecular formula is C27H33BF2N4O6. The highest BCUT2D eigenvalue weighted by atomic mass is 19.3. The van der Waals surface area contributed by atoms with Crippen molar-refractivity contribution in [3.63, 3.8) is 0 Å². The molecule has 0 radical (unpaired) electrons. The summed E-state index contributed by atoms with van der Waals surface area (Å²) in [4.78, 5) is 32.2. The van der Waals surface area contributed by atoms with E-state index in [0.717, 1.165) is 5.39 Å². The van der Waals surface area contributed by atoms with Crippen LogP contribution in [0.2, 0.25) is 0 Å². The number of hydrogen-bond acceptors (Lipinski definition) is 7. The van der Waals surface area contributed by atoms with Gasteiger partial charge in [0.15, 0.2) is 0 Å². The number of alkyl halides is 2. The van der Waals surface area contributed by atoms with E-state index in [0.29, 0.717) is 30.5 Å². The number of benzene rings is 1. The third kappa shape index (κ3) is 6.81. The van der Waals surface area contributed by atoms with Crippen molar-refractivity contribution in [3.05, 3.63) is 59.3 Å². The van der Waals surface area contributed by atoms with Crippen molar-refractivity contribution < 1.29 is 37.6 Å². The molecule has 3 heterocycles. The maximum atomic E-state index is 13.8. The summed E-state index contributed by atoms with van der Waals surface area (Å²) in [5.74, 6) is -4.43. The van der Waals surface area contributed by atoms with E-state index in [2.05, 4.69) is 10.2 Å². The third-order valence-corrected chi connectivity index (χ3v) is 7.52. The predicted octanol–water partition coefficient (Wildman–Crippen LogP) is 3.00. The molecule has 214 valence electrons. The molecule has 4 rings (SSSR count). The molecule has 2 amide bonds. The molecule has 1 aromatic carbocycles. The first-order chi connectivity index (χ1) is 18.9. The smallest absolute Gasteiger partial charge is 0.464 e. The number of carbonyl (C=O) groups excluding carboxylic acids is 2. The minimum Gasteiger partial charge on any atom is -0.464 e. The van der Waals surface area contributed by atoms with Gasteiger partial charge in [-0.3, -0.25) is 9.69 Å². The van der Waals surface area contributed by atoms with Crippen LogP contribution in [0.4, 0.5) is 13.6 Å². The van der Waals surface area contributed by atoms with E-state index in [1.54, 1.807) is 24.8 Å². The summed E-state index contributed by atoms with van der Waals surface area (Å²) in [5, 5.41) is 22.9. The highest BCUT2D eigenvalue weighted by Gasteiger charge is 2.43. The van der Waals surface area contributed by atoms with Crippen LogP contribution in [0.15, 0.2) is 46.7 Å². The highest BCUT2D eigenvalue weighted by Crippen LogP contribution is 2.33. The van der Waals surface area contributed by atoms with Crippen LogP contribution in [0, 0.1) is 6.57 Å². The van der Waals surface area contributed by atoms with E-state index in [4.69, 9.17) is 15.7 Å². The summed E-state index contributed by atoms with van der Waals surface area (Å²) in [6.45, 7) is 10.9. The largest absolute Gasteiger partial charge is 0.475 e. The SMILES string of the molecule is [C-]#[N+]C(=CC(C)(C)N1CCC(F)(F)C1)C(=O)N1CCC[C@@H]1COC(=O)N[C@@H](Cc1coc2ccccc12)B(O)O. The lowest BCUT2D eigenvalue weighted by molar-refractivity contribution is -0.128. The Hall–Kier alpha value is -3.47. The van der Waals surface area contributed by atoms with E-state index >= 15 is 0 Å². The fraction of sp³-hybridized carbons (Fsp3) is 0.519. The molecule has 3 N–H and O–H groups in total. The second kappa shape index (κ2) is 12.0. The van der Waals surface area contributed by atoms with Crippen molar-refractivity contribution in [2.24, 2.45) is 0 Å². The Kier molecular flexibility index (Phi) is 8.82. The molecule has 1 aromatic heterocycles. The topological polar surface area (TPSA) is 120 Å². The molecule has 2 fully saturated rings. The van der Waals surface area contributed by atoms with Crippen LogP contribution in [0.25, 0.3) is 15.8 Å². The average Bonchev–Trinajstić information content (AvgIpc) is 3.64. The average molecular weight is 558 g/mol. The number of nitrogens with zero attached hydrogens (tertiary/aromatic N) is 3. The van der Waals surface area contributed by atoms with E-state index in [1.165, 1.54) is 17.2 Å². The quantitative estimate of drug-likeness (QED) is 0.246. The lowest BCUT2D eigenvalue weighted by Gasteiger charge is -2.33. The number of furan rings is 1. The summed E-state index contributed by atoms with van der Waals surface area (Å²) in [6, 6.07) is 6.75. The first kappa shape index (κ1) is 29.5. The van der Waals surface area contributed by atoms with Gasteiger partial charge >= 0.3 is 13.2 Å². The fourth-order valence-corrected chi connectivity index (χ4v) is 5.24. The number of likely N-dealkylation sites (tertiary alicyclic amines) is 2. The molecule has 10 nitrogen and oxygen atoms in total. The lowest BCUT2D eigenvalue weighted by atomic mass is 9.76. The highest BCUT2D eigenvalue weighted by molar-refractivity contribution is 6.43. The fourth-order valence-electron chi connectivity index (χ4n) is 5.24. The maximum Gasteiger partial charge on any atom is 0.475 e. The molecule has 2 atom stereocenters. The van der Waals surface area contributed by atoms with Crippen molar-refractivity contribution in [2.75, 3.05) is 26.2 Å². The van der Waals surface area contributed by atoms with Gasteiger partial charge in [0.2, 0.25) is 5.70 Å². The van der Waals surface area contributed by atoms with Gasteiger partial charge < -0.3 is 29.4 Å². The van der Waals surface area contributed by atoms with Gasteiger partial charge in [0, 0.05) is 30.4 Å². The molecule has 2 aliphatic heterocycles. The molecular weight excluding hydrogens is 525 g/mol. The number of carbonyl (C=O) groups is 2. The Labute approximate surface area is 231 Å². The van der Waals surface area contributed by atoms with E-state index < -0.39 is 49.1 Å². The summed E-state index contributed by atoms with van der Waals surface area (Å²) in [7, 11) is -1.86. The Morgan fingerprint density at radius 1 is 1.35 bits per heavy atom. The molecule has 2 aliphatic rings. The second-order valence-electron chi connectivity index (χ2n) is 10.8. The van der Waals surface area contributed by atoms with Crippen LogP contribution >= 0.6 is 0 Å². The van der Waals surface area contributed by atoms with Gasteiger partial charge in [-0.1, -0.05) is 24.3 Å². The van der Waals surface area contributed by atoms with Crippen LogP contribution in [0.1, 0.15) is 38.7 Å². The Balaban J connectivity index is 1.35. The van der Waals surface area contributed by atoms with Gasteiger partial charge in [-0.2, -0.15) is 0 Å². The number of fused-ring (bicyclic) bond motifs is 1. The number of alkyl carbamates (subject to hydrolysis) is 1. The molecule has 0 aliphatic carbocycles. The Morgan fingerprint density at radius 2 is 2.10 bits per heavy atom. The predicted molar refractivity (Wildman–Crippen MR) is 143 cm³/mol. The summed E-state index contributed by atoms with van der Waals surface area (Å²) >= 11 is 0. The zero-order chi connectivity index (χ0) is 29.1. The molecule has 2 saturated heterocycles. The van der Waals surface area contributed by atoms with E-state index in [1.807, 2.05) is 18.2 Å². The van der Waals surface area contributed by atoms with Crippen LogP contribution in [-0.2, 0) is 16.0 Å². The minimum absolute atomic E-state index is 0.0791. The molecule has 2 aromatic rings. The third-order valence-electron chi connectivity index (χ3n) is 7.52. The van der Waals surface area contributed by atoms with Crippen molar-refractivity contribution in [1.29, 1.82) is 0 Å². The van der Waals surface area contributed by atoms with Gasteiger partial charge in [-0.25, -0.2) is 18.4 Å². The van der Waals surface area contributed by atoms with Gasteiger partial charge in [-0.15, -0.1) is 0 Å². The van der Waals surface area contributed by atoms with Crippen molar-refractivity contribution >= 4 is 30.1 Å². The number of amides is 2. The number of rotatable bonds is 9. The van der Waals surface area contributed by atoms with E-state index in [-0.39, 0.29) is 31.7 Å². The zero-order valence-corrected chi connectivity index (χ0v) is 22.5. The van der Waals surface area contributed by atoms with Crippen LogP contribution in [0.5, 0.6) is 0 Å². The first-order valence-corrected chi connectivity index (χ1v) is 13.2. The van der Waals surface area contributed by atoms with E-state index in [9.17, 15) is 28.4 Å². The van der Waals surface area contributed by atoms with Crippen LogP contribution < -0.4 is 5.32 Å². The zero-order valence-electron chi connectivity index (χ0n) is 22.5. The molecule has 0 unspecified atom stereocenters. The number of halogens is 2. The second-order valence-corrected chi connectivity index (χ2v) is 10.8. The summed E-state index contributed by atoms with van der Waals surface area (Å²) < 4.78 is 38.3. The monoisotopic (exact) mass is 558 g/mol. The Morgan fingerprint density at radius 3 is 2.77 bits per heavy atom. The van der Waals surface area contributed by atoms with Crippen molar-refractivity contribution in [1.82, 2.24) is 15.1 Å². The normalized spacial score (nSPS) is 20.4. The number of para-hydroxylation sites is 1. The van der Waals surface area contributed by atoms with Crippen molar-refractivity contribution in [3.8, 4) is 0 Å². The summed E-state index contributed by atoms with van der Waals surface area (Å²) in [6.07, 6.45) is 3.02. The van der Waals surface area contributed by atoms with Gasteiger partial charge in [0.25, 0.3) is 11.8 Å². The standard InChI is InChI=1S/C27H33BF2N4O6/c1-26(2,33-12-10-27(29,30)17-33)14-21(31-3)24(35)34-11-6-7-19(34)16-40-25(36)32-23(28(37)38)13-18-15-39-22-9-5-4-8-20(18)22/h4-5,8-9,14-15,19,23,37-38H,6-7,10-13,16-17H2,1-2H3,(H,32,36)/t19-,23+/m1/s1.